The van der Waals surface area contributed by atoms with Gasteiger partial charge in [0.2, 0.25) is 11.8 Å². The lowest BCUT2D eigenvalue weighted by atomic mass is 9.88. The van der Waals surface area contributed by atoms with Gasteiger partial charge < -0.3 is 24.4 Å². The second-order valence-electron chi connectivity index (χ2n) is 15.4. The van der Waals surface area contributed by atoms with Crippen LogP contribution in [0, 0.1) is 19.8 Å². The van der Waals surface area contributed by atoms with E-state index in [-0.39, 0.29) is 18.1 Å². The molecule has 4 aliphatic heterocycles. The number of carbonyl (C=O) groups is 2. The summed E-state index contributed by atoms with van der Waals surface area (Å²) < 4.78 is 5.87. The van der Waals surface area contributed by atoms with E-state index in [1.165, 1.54) is 38.2 Å². The van der Waals surface area contributed by atoms with Crippen molar-refractivity contribution in [2.45, 2.75) is 116 Å². The topological polar surface area (TPSA) is 68.9 Å². The van der Waals surface area contributed by atoms with Crippen molar-refractivity contribution in [3.05, 3.63) is 45.8 Å². The number of morpholine rings is 1. The first-order chi connectivity index (χ1) is 22.0. The minimum atomic E-state index is -0.544. The second-order valence-corrected chi connectivity index (χ2v) is 16.4. The van der Waals surface area contributed by atoms with E-state index >= 15 is 0 Å². The summed E-state index contributed by atoms with van der Waals surface area (Å²) in [5.41, 5.74) is 5.78. The van der Waals surface area contributed by atoms with Crippen molar-refractivity contribution in [2.75, 3.05) is 32.7 Å². The Morgan fingerprint density at radius 3 is 2.13 bits per heavy atom. The second kappa shape index (κ2) is 12.4. The fraction of sp³-hybridized carbons (Fsp3) is 0.632. The number of amides is 2. The van der Waals surface area contributed by atoms with Gasteiger partial charge in [-0.15, -0.1) is 11.3 Å². The zero-order valence-electron chi connectivity index (χ0n) is 28.7. The molecule has 7 rings (SSSR count). The number of hydrogen-bond donors (Lipinski definition) is 1. The molecular weight excluding hydrogens is 593 g/mol. The molecule has 2 atom stereocenters. The summed E-state index contributed by atoms with van der Waals surface area (Å²) in [7, 11) is 0. The maximum atomic E-state index is 14.0. The number of rotatable bonds is 7. The number of carbonyl (C=O) groups excluding carboxylic acids is 2. The number of likely N-dealkylation sites (tertiary alicyclic amines) is 1. The molecule has 1 aromatic carbocycles. The molecule has 4 fully saturated rings. The Kier molecular flexibility index (Phi) is 8.60. The summed E-state index contributed by atoms with van der Waals surface area (Å²) in [6, 6.07) is 10.0. The molecule has 46 heavy (non-hydrogen) atoms. The van der Waals surface area contributed by atoms with Crippen LogP contribution in [-0.4, -0.2) is 88.5 Å². The quantitative estimate of drug-likeness (QED) is 0.306. The molecule has 0 radical (unpaired) electrons. The molecule has 3 aromatic rings. The van der Waals surface area contributed by atoms with Crippen LogP contribution in [-0.2, 0) is 26.2 Å². The molecular formula is C38H52N4O3S. The molecule has 2 amide bonds. The molecule has 0 spiro atoms. The number of nitrogens with one attached hydrogen (secondary N) is 1. The number of hydrogen-bond acceptors (Lipinski definition) is 5. The molecule has 6 heterocycles. The van der Waals surface area contributed by atoms with Crippen molar-refractivity contribution >= 4 is 33.4 Å². The highest BCUT2D eigenvalue weighted by atomic mass is 32.1. The van der Waals surface area contributed by atoms with Gasteiger partial charge in [-0.3, -0.25) is 9.59 Å². The molecule has 7 nitrogen and oxygen atoms in total. The van der Waals surface area contributed by atoms with Crippen LogP contribution in [0.5, 0.6) is 0 Å². The van der Waals surface area contributed by atoms with Gasteiger partial charge in [0.25, 0.3) is 0 Å². The summed E-state index contributed by atoms with van der Waals surface area (Å²) in [5, 5.41) is 1.26. The number of ether oxygens (including phenoxy) is 1. The summed E-state index contributed by atoms with van der Waals surface area (Å²) in [5.74, 6) is 0.732. The number of aromatic nitrogens is 1. The summed E-state index contributed by atoms with van der Waals surface area (Å²) in [6.45, 7) is 17.0. The Bertz CT molecular complexity index is 1560. The highest BCUT2D eigenvalue weighted by Crippen LogP contribution is 2.44. The highest BCUT2D eigenvalue weighted by molar-refractivity contribution is 7.19. The van der Waals surface area contributed by atoms with E-state index in [1.807, 2.05) is 4.90 Å². The monoisotopic (exact) mass is 644 g/mol. The van der Waals surface area contributed by atoms with Crippen molar-refractivity contribution in [1.82, 2.24) is 19.7 Å². The number of thiophene rings is 1. The normalized spacial score (nSPS) is 26.0. The number of H-pyrrole nitrogens is 1. The Balaban J connectivity index is 1.10. The van der Waals surface area contributed by atoms with E-state index in [4.69, 9.17) is 4.74 Å². The van der Waals surface area contributed by atoms with Crippen molar-refractivity contribution < 1.29 is 14.3 Å². The van der Waals surface area contributed by atoms with Crippen LogP contribution in [0.2, 0.25) is 0 Å². The summed E-state index contributed by atoms with van der Waals surface area (Å²) in [4.78, 5) is 40.4. The maximum absolute atomic E-state index is 14.0. The standard InChI is InChI=1S/C38H52N4O3S/c1-23-17-24(2)19-28(18-23)34-31(13-16-40-14-11-27(12-15-40)36(43)41-21-25(3)45-26(4)22-41)32-20-33(46-35(32)39-34)38(5,6)37(44)42-29-7-8-30(42)10-9-29/h17-20,25-27,29-30,39H,7-16,21-22H2,1-6H3. The van der Waals surface area contributed by atoms with Gasteiger partial charge >= 0.3 is 0 Å². The van der Waals surface area contributed by atoms with E-state index < -0.39 is 5.41 Å². The fourth-order valence-electron chi connectivity index (χ4n) is 8.93. The van der Waals surface area contributed by atoms with Gasteiger partial charge in [-0.2, -0.15) is 0 Å². The Labute approximate surface area is 278 Å². The van der Waals surface area contributed by atoms with E-state index in [0.717, 1.165) is 69.5 Å². The van der Waals surface area contributed by atoms with Gasteiger partial charge in [0.1, 0.15) is 4.83 Å². The Hall–Kier alpha value is -2.68. The average Bonchev–Trinajstić information content (AvgIpc) is 3.79. The van der Waals surface area contributed by atoms with Crippen LogP contribution < -0.4 is 0 Å². The number of fused-ring (bicyclic) bond motifs is 3. The zero-order valence-corrected chi connectivity index (χ0v) is 29.5. The molecule has 2 unspecified atom stereocenters. The lowest BCUT2D eigenvalue weighted by molar-refractivity contribution is -0.148. The molecule has 4 aliphatic rings. The van der Waals surface area contributed by atoms with Gasteiger partial charge in [-0.05, 0) is 129 Å². The average molecular weight is 645 g/mol. The predicted octanol–water partition coefficient (Wildman–Crippen LogP) is 6.83. The largest absolute Gasteiger partial charge is 0.372 e. The number of aryl methyl sites for hydroxylation is 2. The molecule has 2 bridgehead atoms. The smallest absolute Gasteiger partial charge is 0.233 e. The van der Waals surface area contributed by atoms with E-state index in [1.54, 1.807) is 11.3 Å². The summed E-state index contributed by atoms with van der Waals surface area (Å²) >= 11 is 1.76. The minimum Gasteiger partial charge on any atom is -0.372 e. The molecule has 2 aromatic heterocycles. The van der Waals surface area contributed by atoms with Crippen molar-refractivity contribution in [2.24, 2.45) is 5.92 Å². The Morgan fingerprint density at radius 2 is 1.52 bits per heavy atom. The zero-order chi connectivity index (χ0) is 32.3. The highest BCUT2D eigenvalue weighted by Gasteiger charge is 2.47. The SMILES string of the molecule is Cc1cc(C)cc(-c2[nH]c3sc(C(C)(C)C(=O)N4C5CCC4CC5)cc3c2CCN2CCC(C(=O)N3CC(C)OC(C)C3)CC2)c1. The molecule has 0 aliphatic carbocycles. The van der Waals surface area contributed by atoms with Gasteiger partial charge in [-0.1, -0.05) is 17.2 Å². The third kappa shape index (κ3) is 5.94. The maximum Gasteiger partial charge on any atom is 0.233 e. The fourth-order valence-corrected chi connectivity index (χ4v) is 10.1. The van der Waals surface area contributed by atoms with Gasteiger partial charge in [0.15, 0.2) is 0 Å². The molecule has 8 heteroatoms. The Morgan fingerprint density at radius 1 is 0.913 bits per heavy atom. The number of piperidine rings is 1. The van der Waals surface area contributed by atoms with Crippen molar-refractivity contribution in [3.63, 3.8) is 0 Å². The van der Waals surface area contributed by atoms with Crippen LogP contribution in [0.4, 0.5) is 0 Å². The first kappa shape index (κ1) is 31.9. The number of nitrogens with zero attached hydrogens (tertiary/aromatic N) is 3. The lowest BCUT2D eigenvalue weighted by Crippen LogP contribution is -2.51. The van der Waals surface area contributed by atoms with Crippen molar-refractivity contribution in [1.29, 1.82) is 0 Å². The molecule has 1 N–H and O–H groups in total. The molecule has 0 saturated carbocycles. The lowest BCUT2D eigenvalue weighted by Gasteiger charge is -2.39. The number of aromatic amines is 1. The van der Waals surface area contributed by atoms with Crippen LogP contribution in [0.15, 0.2) is 24.3 Å². The molecule has 248 valence electrons. The first-order valence-corrected chi connectivity index (χ1v) is 18.5. The minimum absolute atomic E-state index is 0.106. The van der Waals surface area contributed by atoms with E-state index in [9.17, 15) is 9.59 Å². The van der Waals surface area contributed by atoms with Gasteiger partial charge in [0, 0.05) is 47.9 Å². The van der Waals surface area contributed by atoms with Crippen LogP contribution >= 0.6 is 11.3 Å². The van der Waals surface area contributed by atoms with Gasteiger partial charge in [0.05, 0.1) is 23.3 Å². The third-order valence-corrected chi connectivity index (χ3v) is 12.7. The van der Waals surface area contributed by atoms with Crippen LogP contribution in [0.25, 0.3) is 21.5 Å². The van der Waals surface area contributed by atoms with Crippen LogP contribution in [0.3, 0.4) is 0 Å². The third-order valence-electron chi connectivity index (χ3n) is 11.3. The van der Waals surface area contributed by atoms with Crippen LogP contribution in [0.1, 0.15) is 87.8 Å². The molecule has 4 saturated heterocycles. The van der Waals surface area contributed by atoms with Gasteiger partial charge in [-0.25, -0.2) is 0 Å². The predicted molar refractivity (Wildman–Crippen MR) is 186 cm³/mol. The first-order valence-electron chi connectivity index (χ1n) is 17.7. The number of benzene rings is 1. The van der Waals surface area contributed by atoms with E-state index in [2.05, 4.69) is 80.6 Å². The van der Waals surface area contributed by atoms with Crippen molar-refractivity contribution in [3.8, 4) is 11.3 Å². The van der Waals surface area contributed by atoms with E-state index in [0.29, 0.717) is 37.0 Å². The summed E-state index contributed by atoms with van der Waals surface area (Å²) in [6.07, 6.45) is 7.64.